The molecule has 0 aromatic heterocycles. The van der Waals surface area contributed by atoms with E-state index < -0.39 is 12.2 Å². The molecule has 16 heavy (non-hydrogen) atoms. The maximum absolute atomic E-state index is 11.7. The molecule has 3 heteroatoms. The lowest BCUT2D eigenvalue weighted by molar-refractivity contribution is -0.126. The van der Waals surface area contributed by atoms with Crippen LogP contribution in [0.3, 0.4) is 0 Å². The number of aliphatic hydroxyl groups is 2. The average Bonchev–Trinajstić information content (AvgIpc) is 2.14. The van der Waals surface area contributed by atoms with E-state index in [1.54, 1.807) is 0 Å². The first kappa shape index (κ1) is 12.1. The second kappa shape index (κ2) is 5.28. The van der Waals surface area contributed by atoms with Crippen molar-refractivity contribution in [1.82, 2.24) is 0 Å². The van der Waals surface area contributed by atoms with Crippen LogP contribution in [0.5, 0.6) is 0 Å². The molecule has 0 heterocycles. The van der Waals surface area contributed by atoms with Gasteiger partial charge in [0.05, 0.1) is 12.2 Å². The third-order valence-corrected chi connectivity index (χ3v) is 4.27. The summed E-state index contributed by atoms with van der Waals surface area (Å²) >= 11 is 0. The summed E-state index contributed by atoms with van der Waals surface area (Å²) in [5.41, 5.74) is 0. The van der Waals surface area contributed by atoms with Gasteiger partial charge >= 0.3 is 0 Å². The molecule has 0 radical (unpaired) electrons. The molecule has 0 amide bonds. The Balaban J connectivity index is 1.76. The largest absolute Gasteiger partial charge is 0.393 e. The van der Waals surface area contributed by atoms with Crippen molar-refractivity contribution in [2.24, 2.45) is 11.8 Å². The zero-order valence-electron chi connectivity index (χ0n) is 9.77. The Hall–Kier alpha value is -0.410. The Labute approximate surface area is 96.9 Å². The third kappa shape index (κ3) is 2.64. The van der Waals surface area contributed by atoms with Gasteiger partial charge in [0.15, 0.2) is 0 Å². The van der Waals surface area contributed by atoms with Crippen molar-refractivity contribution in [2.75, 3.05) is 0 Å². The van der Waals surface area contributed by atoms with Gasteiger partial charge in [-0.2, -0.15) is 0 Å². The van der Waals surface area contributed by atoms with Crippen LogP contribution in [0.25, 0.3) is 0 Å². The molecule has 0 aliphatic heterocycles. The summed E-state index contributed by atoms with van der Waals surface area (Å²) in [7, 11) is 0. The molecular formula is C13H22O3. The normalized spacial score (nSPS) is 35.8. The number of hydrogen-bond acceptors (Lipinski definition) is 3. The van der Waals surface area contributed by atoms with Crippen molar-refractivity contribution in [3.8, 4) is 0 Å². The van der Waals surface area contributed by atoms with Crippen LogP contribution in [0.2, 0.25) is 0 Å². The van der Waals surface area contributed by atoms with Gasteiger partial charge in [0.25, 0.3) is 0 Å². The number of aliphatic hydroxyl groups excluding tert-OH is 2. The van der Waals surface area contributed by atoms with Gasteiger partial charge in [0.1, 0.15) is 5.78 Å². The van der Waals surface area contributed by atoms with Gasteiger partial charge in [-0.3, -0.25) is 4.79 Å². The Morgan fingerprint density at radius 3 is 2.06 bits per heavy atom. The first-order valence-electron chi connectivity index (χ1n) is 6.57. The molecule has 2 unspecified atom stereocenters. The second-order valence-electron chi connectivity index (χ2n) is 5.36. The highest BCUT2D eigenvalue weighted by Crippen LogP contribution is 2.32. The Morgan fingerprint density at radius 2 is 1.56 bits per heavy atom. The van der Waals surface area contributed by atoms with Crippen LogP contribution in [-0.4, -0.2) is 28.2 Å². The van der Waals surface area contributed by atoms with E-state index in [2.05, 4.69) is 0 Å². The van der Waals surface area contributed by atoms with Crippen LogP contribution < -0.4 is 0 Å². The lowest BCUT2D eigenvalue weighted by Crippen LogP contribution is -2.36. The standard InChI is InChI=1S/C13H22O3/c14-11(9-3-1-4-9)8-7-10-12(15)5-2-6-13(10)16/h9-10,12-13,15-16H,1-8H2. The smallest absolute Gasteiger partial charge is 0.135 e. The summed E-state index contributed by atoms with van der Waals surface area (Å²) in [6.45, 7) is 0. The van der Waals surface area contributed by atoms with Crippen LogP contribution in [-0.2, 0) is 4.79 Å². The number of Topliss-reactive ketones (excluding diaryl/α,β-unsaturated/α-hetero) is 1. The Morgan fingerprint density at radius 1 is 1.00 bits per heavy atom. The van der Waals surface area contributed by atoms with Gasteiger partial charge in [-0.1, -0.05) is 6.42 Å². The molecule has 2 atom stereocenters. The predicted molar refractivity (Wildman–Crippen MR) is 60.9 cm³/mol. The second-order valence-corrected chi connectivity index (χ2v) is 5.36. The van der Waals surface area contributed by atoms with Crippen molar-refractivity contribution in [2.45, 2.75) is 63.6 Å². The van der Waals surface area contributed by atoms with E-state index in [0.717, 1.165) is 32.1 Å². The highest BCUT2D eigenvalue weighted by atomic mass is 16.3. The fourth-order valence-electron chi connectivity index (χ4n) is 2.85. The highest BCUT2D eigenvalue weighted by molar-refractivity contribution is 5.81. The fourth-order valence-corrected chi connectivity index (χ4v) is 2.85. The molecule has 2 aliphatic carbocycles. The number of carbonyl (C=O) groups is 1. The van der Waals surface area contributed by atoms with Gasteiger partial charge in [0.2, 0.25) is 0 Å². The minimum atomic E-state index is -0.405. The van der Waals surface area contributed by atoms with Crippen LogP contribution in [0, 0.1) is 11.8 Å². The Kier molecular flexibility index (Phi) is 3.98. The summed E-state index contributed by atoms with van der Waals surface area (Å²) in [5.74, 6) is 0.562. The first-order chi connectivity index (χ1) is 7.68. The quantitative estimate of drug-likeness (QED) is 0.766. The highest BCUT2D eigenvalue weighted by Gasteiger charge is 2.32. The molecule has 2 rings (SSSR count). The van der Waals surface area contributed by atoms with Gasteiger partial charge < -0.3 is 10.2 Å². The predicted octanol–water partition coefficient (Wildman–Crippen LogP) is 1.66. The maximum atomic E-state index is 11.7. The molecule has 2 saturated carbocycles. The summed E-state index contributed by atoms with van der Waals surface area (Å²) in [6.07, 6.45) is 6.14. The van der Waals surface area contributed by atoms with Crippen molar-refractivity contribution in [3.63, 3.8) is 0 Å². The van der Waals surface area contributed by atoms with Crippen LogP contribution in [0.1, 0.15) is 51.4 Å². The van der Waals surface area contributed by atoms with Crippen molar-refractivity contribution < 1.29 is 15.0 Å². The molecular weight excluding hydrogens is 204 g/mol. The van der Waals surface area contributed by atoms with Crippen molar-refractivity contribution in [1.29, 1.82) is 0 Å². The summed E-state index contributed by atoms with van der Waals surface area (Å²) < 4.78 is 0. The summed E-state index contributed by atoms with van der Waals surface area (Å²) in [5, 5.41) is 19.6. The minimum absolute atomic E-state index is 0.0715. The molecule has 3 nitrogen and oxygen atoms in total. The molecule has 0 aromatic carbocycles. The first-order valence-corrected chi connectivity index (χ1v) is 6.57. The molecule has 2 N–H and O–H groups in total. The van der Waals surface area contributed by atoms with Gasteiger partial charge in [-0.05, 0) is 38.5 Å². The number of carbonyl (C=O) groups excluding carboxylic acids is 1. The number of ketones is 1. The minimum Gasteiger partial charge on any atom is -0.393 e. The average molecular weight is 226 g/mol. The lowest BCUT2D eigenvalue weighted by atomic mass is 9.77. The topological polar surface area (TPSA) is 57.5 Å². The zero-order chi connectivity index (χ0) is 11.5. The van der Waals surface area contributed by atoms with Crippen molar-refractivity contribution in [3.05, 3.63) is 0 Å². The van der Waals surface area contributed by atoms with Crippen LogP contribution in [0.4, 0.5) is 0 Å². The van der Waals surface area contributed by atoms with Crippen LogP contribution >= 0.6 is 0 Å². The van der Waals surface area contributed by atoms with Gasteiger partial charge in [-0.15, -0.1) is 0 Å². The molecule has 92 valence electrons. The molecule has 0 aromatic rings. The molecule has 0 saturated heterocycles. The summed E-state index contributed by atoms with van der Waals surface area (Å²) in [4.78, 5) is 11.7. The van der Waals surface area contributed by atoms with Crippen LogP contribution in [0.15, 0.2) is 0 Å². The summed E-state index contributed by atoms with van der Waals surface area (Å²) in [6, 6.07) is 0. The maximum Gasteiger partial charge on any atom is 0.135 e. The van der Waals surface area contributed by atoms with E-state index in [1.807, 2.05) is 0 Å². The molecule has 2 fully saturated rings. The number of hydrogen-bond donors (Lipinski definition) is 2. The third-order valence-electron chi connectivity index (χ3n) is 4.27. The monoisotopic (exact) mass is 226 g/mol. The fraction of sp³-hybridized carbons (Fsp3) is 0.923. The van der Waals surface area contributed by atoms with E-state index >= 15 is 0 Å². The molecule has 2 aliphatic rings. The Bertz CT molecular complexity index is 238. The van der Waals surface area contributed by atoms with E-state index in [9.17, 15) is 15.0 Å². The zero-order valence-corrected chi connectivity index (χ0v) is 9.77. The lowest BCUT2D eigenvalue weighted by Gasteiger charge is -2.33. The van der Waals surface area contributed by atoms with Gasteiger partial charge in [0, 0.05) is 18.3 Å². The number of rotatable bonds is 4. The molecule has 0 bridgehead atoms. The molecule has 0 spiro atoms. The van der Waals surface area contributed by atoms with E-state index in [4.69, 9.17) is 0 Å². The van der Waals surface area contributed by atoms with Gasteiger partial charge in [-0.25, -0.2) is 0 Å². The van der Waals surface area contributed by atoms with E-state index in [0.29, 0.717) is 18.6 Å². The SMILES string of the molecule is O=C(CCC1C(O)CCCC1O)C1CCC1. The van der Waals surface area contributed by atoms with E-state index in [-0.39, 0.29) is 11.8 Å². The van der Waals surface area contributed by atoms with Crippen molar-refractivity contribution >= 4 is 5.78 Å². The van der Waals surface area contributed by atoms with E-state index in [1.165, 1.54) is 6.42 Å².